The van der Waals surface area contributed by atoms with E-state index in [-0.39, 0.29) is 0 Å². The van der Waals surface area contributed by atoms with Gasteiger partial charge in [-0.1, -0.05) is 30.2 Å². The molecule has 1 rings (SSSR count). The molecule has 0 bridgehead atoms. The monoisotopic (exact) mass is 252 g/mol. The third kappa shape index (κ3) is 6.10. The highest BCUT2D eigenvalue weighted by Gasteiger charge is 2.11. The topological polar surface area (TPSA) is 29.3 Å². The molecule has 0 saturated carbocycles. The van der Waals surface area contributed by atoms with E-state index < -0.39 is 0 Å². The lowest BCUT2D eigenvalue weighted by Crippen LogP contribution is -2.22. The van der Waals surface area contributed by atoms with Crippen LogP contribution in [-0.4, -0.2) is 23.9 Å². The second-order valence-corrected chi connectivity index (χ2v) is 5.54. The molecule has 1 aliphatic heterocycles. The maximum absolute atomic E-state index is 5.58. The van der Waals surface area contributed by atoms with Crippen molar-refractivity contribution in [2.24, 2.45) is 5.73 Å². The molecule has 0 aliphatic carbocycles. The summed E-state index contributed by atoms with van der Waals surface area (Å²) in [5, 5.41) is 0. The molecule has 0 atom stereocenters. The molecule has 3 heteroatoms. The second-order valence-electron chi connectivity index (χ2n) is 4.37. The van der Waals surface area contributed by atoms with E-state index in [1.807, 2.05) is 11.9 Å². The number of rotatable bonds is 5. The largest absolute Gasteiger partial charge is 0.327 e. The maximum Gasteiger partial charge on any atom is 0.0227 e. The minimum atomic E-state index is 0.633. The van der Waals surface area contributed by atoms with Crippen molar-refractivity contribution < 1.29 is 0 Å². The molecule has 1 saturated heterocycles. The first-order valence-electron chi connectivity index (χ1n) is 6.39. The Balaban J connectivity index is 2.58. The fourth-order valence-electron chi connectivity index (χ4n) is 1.68. The first kappa shape index (κ1) is 14.6. The average Bonchev–Trinajstić information content (AvgIpc) is 2.37. The van der Waals surface area contributed by atoms with Gasteiger partial charge in [-0.2, -0.15) is 0 Å². The predicted molar refractivity (Wildman–Crippen MR) is 78.7 cm³/mol. The summed E-state index contributed by atoms with van der Waals surface area (Å²) in [6.45, 7) is 7.17. The van der Waals surface area contributed by atoms with Crippen LogP contribution in [0.5, 0.6) is 0 Å². The van der Waals surface area contributed by atoms with Crippen LogP contribution < -0.4 is 5.73 Å². The third-order valence-corrected chi connectivity index (χ3v) is 3.84. The third-order valence-electron chi connectivity index (χ3n) is 2.73. The first-order valence-corrected chi connectivity index (χ1v) is 7.16. The Morgan fingerprint density at radius 1 is 1.24 bits per heavy atom. The van der Waals surface area contributed by atoms with Gasteiger partial charge in [0.2, 0.25) is 0 Å². The van der Waals surface area contributed by atoms with E-state index in [1.54, 1.807) is 0 Å². The van der Waals surface area contributed by atoms with Crippen LogP contribution in [0.15, 0.2) is 34.8 Å². The molecular weight excluding hydrogens is 228 g/mol. The average molecular weight is 252 g/mol. The van der Waals surface area contributed by atoms with Gasteiger partial charge in [0.05, 0.1) is 0 Å². The van der Waals surface area contributed by atoms with Gasteiger partial charge in [0, 0.05) is 24.5 Å². The lowest BCUT2D eigenvalue weighted by Gasteiger charge is -2.25. The van der Waals surface area contributed by atoms with Crippen LogP contribution in [-0.2, 0) is 0 Å². The van der Waals surface area contributed by atoms with Gasteiger partial charge in [-0.3, -0.25) is 0 Å². The van der Waals surface area contributed by atoms with Crippen molar-refractivity contribution in [2.75, 3.05) is 19.6 Å². The van der Waals surface area contributed by atoms with E-state index in [0.717, 1.165) is 0 Å². The lowest BCUT2D eigenvalue weighted by molar-refractivity contribution is 0.382. The van der Waals surface area contributed by atoms with Crippen molar-refractivity contribution in [3.8, 4) is 0 Å². The van der Waals surface area contributed by atoms with Crippen LogP contribution in [0.2, 0.25) is 0 Å². The molecule has 0 aromatic heterocycles. The quantitative estimate of drug-likeness (QED) is 0.600. The van der Waals surface area contributed by atoms with Crippen LogP contribution in [0.4, 0.5) is 0 Å². The Bertz CT molecular complexity index is 299. The first-order chi connectivity index (χ1) is 8.26. The summed E-state index contributed by atoms with van der Waals surface area (Å²) in [5.41, 5.74) is 6.80. The summed E-state index contributed by atoms with van der Waals surface area (Å²) >= 11 is 1.86. The zero-order valence-electron chi connectivity index (χ0n) is 11.0. The molecule has 0 unspecified atom stereocenters. The van der Waals surface area contributed by atoms with E-state index in [0.29, 0.717) is 6.54 Å². The zero-order valence-corrected chi connectivity index (χ0v) is 11.8. The van der Waals surface area contributed by atoms with Crippen molar-refractivity contribution in [2.45, 2.75) is 33.1 Å². The molecule has 1 aliphatic rings. The van der Waals surface area contributed by atoms with Crippen molar-refractivity contribution >= 4 is 11.9 Å². The molecular formula is C14H24N2S. The highest BCUT2D eigenvalue weighted by molar-refractivity contribution is 8.01. The predicted octanol–water partition coefficient (Wildman–Crippen LogP) is 3.49. The number of piperidine rings is 1. The SMILES string of the molecule is C\C=C/C(=C\C=C(/C)CN)SN1CCCCC1. The molecule has 0 amide bonds. The van der Waals surface area contributed by atoms with E-state index >= 15 is 0 Å². The van der Waals surface area contributed by atoms with E-state index in [4.69, 9.17) is 5.73 Å². The van der Waals surface area contributed by atoms with Gasteiger partial charge in [-0.05, 0) is 44.7 Å². The molecule has 1 heterocycles. The normalized spacial score (nSPS) is 20.2. The van der Waals surface area contributed by atoms with Crippen molar-refractivity contribution in [1.82, 2.24) is 4.31 Å². The fraction of sp³-hybridized carbons (Fsp3) is 0.571. The van der Waals surface area contributed by atoms with Gasteiger partial charge >= 0.3 is 0 Å². The smallest absolute Gasteiger partial charge is 0.0227 e. The van der Waals surface area contributed by atoms with Crippen LogP contribution in [0.25, 0.3) is 0 Å². The highest BCUT2D eigenvalue weighted by atomic mass is 32.2. The summed E-state index contributed by atoms with van der Waals surface area (Å²) < 4.78 is 2.46. The summed E-state index contributed by atoms with van der Waals surface area (Å²) in [6, 6.07) is 0. The summed E-state index contributed by atoms with van der Waals surface area (Å²) in [4.78, 5) is 1.29. The molecule has 2 nitrogen and oxygen atoms in total. The van der Waals surface area contributed by atoms with Gasteiger partial charge in [-0.15, -0.1) is 0 Å². The van der Waals surface area contributed by atoms with Crippen molar-refractivity contribution in [3.63, 3.8) is 0 Å². The molecule has 96 valence electrons. The van der Waals surface area contributed by atoms with E-state index in [9.17, 15) is 0 Å². The van der Waals surface area contributed by atoms with Crippen molar-refractivity contribution in [1.29, 1.82) is 0 Å². The number of nitrogens with zero attached hydrogens (tertiary/aromatic N) is 1. The second kappa shape index (κ2) is 8.56. The molecule has 17 heavy (non-hydrogen) atoms. The Hall–Kier alpha value is -0.510. The summed E-state index contributed by atoms with van der Waals surface area (Å²) in [5.74, 6) is 0. The molecule has 1 fully saturated rings. The molecule has 0 spiro atoms. The Morgan fingerprint density at radius 2 is 1.94 bits per heavy atom. The van der Waals surface area contributed by atoms with Gasteiger partial charge in [0.25, 0.3) is 0 Å². The highest BCUT2D eigenvalue weighted by Crippen LogP contribution is 2.26. The van der Waals surface area contributed by atoms with E-state index in [1.165, 1.54) is 42.8 Å². The number of nitrogens with two attached hydrogens (primary N) is 1. The van der Waals surface area contributed by atoms with Gasteiger partial charge in [0.1, 0.15) is 0 Å². The van der Waals surface area contributed by atoms with Crippen LogP contribution in [0.3, 0.4) is 0 Å². The molecule has 0 aromatic carbocycles. The van der Waals surface area contributed by atoms with Gasteiger partial charge in [0.15, 0.2) is 0 Å². The minimum Gasteiger partial charge on any atom is -0.327 e. The molecule has 2 N–H and O–H groups in total. The molecule has 0 aromatic rings. The number of hydrogen-bond donors (Lipinski definition) is 1. The van der Waals surface area contributed by atoms with Crippen LogP contribution in [0.1, 0.15) is 33.1 Å². The van der Waals surface area contributed by atoms with Crippen LogP contribution >= 0.6 is 11.9 Å². The molecule has 0 radical (unpaired) electrons. The maximum atomic E-state index is 5.58. The van der Waals surface area contributed by atoms with Gasteiger partial charge in [-0.25, -0.2) is 4.31 Å². The Morgan fingerprint density at radius 3 is 2.53 bits per heavy atom. The van der Waals surface area contributed by atoms with E-state index in [2.05, 4.69) is 42.5 Å². The number of hydrogen-bond acceptors (Lipinski definition) is 3. The van der Waals surface area contributed by atoms with Gasteiger partial charge < -0.3 is 5.73 Å². The summed E-state index contributed by atoms with van der Waals surface area (Å²) in [7, 11) is 0. The van der Waals surface area contributed by atoms with Crippen molar-refractivity contribution in [3.05, 3.63) is 34.8 Å². The van der Waals surface area contributed by atoms with Crippen LogP contribution in [0, 0.1) is 0 Å². The number of allylic oxidation sites excluding steroid dienone is 4. The fourth-order valence-corrected chi connectivity index (χ4v) is 2.74. The Kier molecular flexibility index (Phi) is 7.33. The Labute approximate surface area is 110 Å². The minimum absolute atomic E-state index is 0.633. The lowest BCUT2D eigenvalue weighted by atomic mass is 10.2. The standard InChI is InChI=1S/C14H24N2S/c1-3-7-14(9-8-13(2)12-15)17-16-10-5-4-6-11-16/h3,7-9H,4-6,10-12,15H2,1-2H3/b7-3-,13-8+,14-9+. The summed E-state index contributed by atoms with van der Waals surface area (Å²) in [6.07, 6.45) is 12.6. The zero-order chi connectivity index (χ0) is 12.5.